The van der Waals surface area contributed by atoms with Gasteiger partial charge in [0.1, 0.15) is 0 Å². The van der Waals surface area contributed by atoms with Crippen molar-refractivity contribution in [1.82, 2.24) is 5.32 Å². The third kappa shape index (κ3) is 3.43. The van der Waals surface area contributed by atoms with Crippen LogP contribution in [0.5, 0.6) is 0 Å². The highest BCUT2D eigenvalue weighted by Gasteiger charge is 2.32. The van der Waals surface area contributed by atoms with Crippen molar-refractivity contribution in [3.8, 4) is 0 Å². The summed E-state index contributed by atoms with van der Waals surface area (Å²) in [4.78, 5) is 0. The van der Waals surface area contributed by atoms with Crippen LogP contribution < -0.4 is 5.32 Å². The summed E-state index contributed by atoms with van der Waals surface area (Å²) in [5.41, 5.74) is 0.144. The lowest BCUT2D eigenvalue weighted by Gasteiger charge is -2.37. The first-order chi connectivity index (χ1) is 8.26. The molecule has 2 fully saturated rings. The quantitative estimate of drug-likeness (QED) is 0.774. The Balaban J connectivity index is 1.78. The van der Waals surface area contributed by atoms with Gasteiger partial charge in [-0.1, -0.05) is 19.3 Å². The van der Waals surface area contributed by atoms with Gasteiger partial charge in [0.2, 0.25) is 0 Å². The molecule has 0 spiro atoms. The van der Waals surface area contributed by atoms with E-state index in [2.05, 4.69) is 12.2 Å². The minimum Gasteiger partial charge on any atom is -0.396 e. The molecule has 2 atom stereocenters. The molecule has 2 unspecified atom stereocenters. The summed E-state index contributed by atoms with van der Waals surface area (Å²) in [5.74, 6) is 0. The molecule has 17 heavy (non-hydrogen) atoms. The molecule has 1 heterocycles. The Labute approximate surface area is 105 Å². The maximum absolute atomic E-state index is 9.65. The Hall–Kier alpha value is -0.120. The van der Waals surface area contributed by atoms with Gasteiger partial charge in [0.25, 0.3) is 0 Å². The van der Waals surface area contributed by atoms with E-state index in [1.54, 1.807) is 0 Å². The number of nitrogens with one attached hydrogen (secondary N) is 1. The number of hydrogen-bond acceptors (Lipinski definition) is 3. The van der Waals surface area contributed by atoms with Gasteiger partial charge in [-0.15, -0.1) is 0 Å². The summed E-state index contributed by atoms with van der Waals surface area (Å²) in [6, 6.07) is 0.419. The second kappa shape index (κ2) is 6.17. The third-order valence-corrected chi connectivity index (χ3v) is 4.57. The average molecular weight is 241 g/mol. The molecule has 100 valence electrons. The second-order valence-electron chi connectivity index (χ2n) is 5.94. The van der Waals surface area contributed by atoms with Crippen LogP contribution in [0, 0.1) is 5.41 Å². The van der Waals surface area contributed by atoms with E-state index in [4.69, 9.17) is 4.74 Å². The molecule has 0 aromatic heterocycles. The fourth-order valence-corrected chi connectivity index (χ4v) is 3.20. The molecule has 0 radical (unpaired) electrons. The standard InChI is InChI=1S/C14H27NO2/c1-12(13-6-5-9-17-13)15-10-14(11-16)7-3-2-4-8-14/h12-13,15-16H,2-11H2,1H3. The van der Waals surface area contributed by atoms with Gasteiger partial charge in [-0.3, -0.25) is 0 Å². The third-order valence-electron chi connectivity index (χ3n) is 4.57. The Bertz CT molecular complexity index is 220. The summed E-state index contributed by atoms with van der Waals surface area (Å²) in [6.07, 6.45) is 9.00. The highest BCUT2D eigenvalue weighted by atomic mass is 16.5. The van der Waals surface area contributed by atoms with Crippen molar-refractivity contribution in [3.63, 3.8) is 0 Å². The van der Waals surface area contributed by atoms with Crippen molar-refractivity contribution in [2.75, 3.05) is 19.8 Å². The van der Waals surface area contributed by atoms with Crippen LogP contribution in [0.15, 0.2) is 0 Å². The Morgan fingerprint density at radius 3 is 2.65 bits per heavy atom. The summed E-state index contributed by atoms with van der Waals surface area (Å²) < 4.78 is 5.70. The molecule has 1 saturated heterocycles. The van der Waals surface area contributed by atoms with Gasteiger partial charge < -0.3 is 15.2 Å². The van der Waals surface area contributed by atoms with E-state index in [0.29, 0.717) is 18.8 Å². The van der Waals surface area contributed by atoms with Crippen molar-refractivity contribution in [2.45, 2.75) is 64.0 Å². The van der Waals surface area contributed by atoms with Crippen LogP contribution in [-0.4, -0.2) is 37.0 Å². The van der Waals surface area contributed by atoms with Gasteiger partial charge in [-0.25, -0.2) is 0 Å². The van der Waals surface area contributed by atoms with Crippen LogP contribution in [0.4, 0.5) is 0 Å². The topological polar surface area (TPSA) is 41.5 Å². The van der Waals surface area contributed by atoms with Gasteiger partial charge >= 0.3 is 0 Å². The van der Waals surface area contributed by atoms with E-state index < -0.39 is 0 Å². The van der Waals surface area contributed by atoms with Crippen LogP contribution in [-0.2, 0) is 4.74 Å². The second-order valence-corrected chi connectivity index (χ2v) is 5.94. The predicted octanol–water partition coefficient (Wildman–Crippen LogP) is 2.09. The number of aliphatic hydroxyl groups is 1. The average Bonchev–Trinajstić information content (AvgIpc) is 2.91. The zero-order chi connectivity index (χ0) is 12.1. The van der Waals surface area contributed by atoms with Crippen molar-refractivity contribution >= 4 is 0 Å². The van der Waals surface area contributed by atoms with Crippen molar-refractivity contribution in [3.05, 3.63) is 0 Å². The summed E-state index contributed by atoms with van der Waals surface area (Å²) in [7, 11) is 0. The zero-order valence-corrected chi connectivity index (χ0v) is 11.1. The normalized spacial score (nSPS) is 30.4. The van der Waals surface area contributed by atoms with E-state index in [0.717, 1.165) is 13.2 Å². The fourth-order valence-electron chi connectivity index (χ4n) is 3.20. The van der Waals surface area contributed by atoms with E-state index in [-0.39, 0.29) is 5.41 Å². The van der Waals surface area contributed by atoms with Gasteiger partial charge in [-0.05, 0) is 32.6 Å². The molecule has 1 aliphatic heterocycles. The van der Waals surface area contributed by atoms with Crippen LogP contribution in [0.25, 0.3) is 0 Å². The van der Waals surface area contributed by atoms with E-state index in [1.807, 2.05) is 0 Å². The Morgan fingerprint density at radius 2 is 2.06 bits per heavy atom. The first-order valence-electron chi connectivity index (χ1n) is 7.22. The minimum atomic E-state index is 0.144. The minimum absolute atomic E-state index is 0.144. The number of rotatable bonds is 5. The summed E-state index contributed by atoms with van der Waals surface area (Å²) in [5, 5.41) is 13.2. The van der Waals surface area contributed by atoms with Gasteiger partial charge in [0, 0.05) is 31.2 Å². The number of aliphatic hydroxyl groups excluding tert-OH is 1. The Morgan fingerprint density at radius 1 is 1.29 bits per heavy atom. The van der Waals surface area contributed by atoms with Crippen LogP contribution in [0.1, 0.15) is 51.9 Å². The van der Waals surface area contributed by atoms with E-state index in [9.17, 15) is 5.11 Å². The lowest BCUT2D eigenvalue weighted by atomic mass is 9.74. The van der Waals surface area contributed by atoms with Crippen LogP contribution in [0.3, 0.4) is 0 Å². The monoisotopic (exact) mass is 241 g/mol. The molecule has 1 aliphatic carbocycles. The first kappa shape index (κ1) is 13.3. The predicted molar refractivity (Wildman–Crippen MR) is 69.0 cm³/mol. The smallest absolute Gasteiger partial charge is 0.0726 e. The molecule has 3 nitrogen and oxygen atoms in total. The molecule has 2 aliphatic rings. The molecule has 1 saturated carbocycles. The molecule has 2 N–H and O–H groups in total. The molecule has 0 aromatic rings. The largest absolute Gasteiger partial charge is 0.396 e. The van der Waals surface area contributed by atoms with Gasteiger partial charge in [0.15, 0.2) is 0 Å². The SMILES string of the molecule is CC(NCC1(CO)CCCCC1)C1CCCO1. The van der Waals surface area contributed by atoms with Crippen LogP contribution >= 0.6 is 0 Å². The molecule has 0 amide bonds. The van der Waals surface area contributed by atoms with E-state index >= 15 is 0 Å². The van der Waals surface area contributed by atoms with Crippen molar-refractivity contribution in [2.24, 2.45) is 5.41 Å². The lowest BCUT2D eigenvalue weighted by Crippen LogP contribution is -2.46. The summed E-state index contributed by atoms with van der Waals surface area (Å²) >= 11 is 0. The molecular weight excluding hydrogens is 214 g/mol. The zero-order valence-electron chi connectivity index (χ0n) is 11.1. The maximum Gasteiger partial charge on any atom is 0.0726 e. The molecule has 0 aromatic carbocycles. The van der Waals surface area contributed by atoms with Gasteiger partial charge in [-0.2, -0.15) is 0 Å². The molecular formula is C14H27NO2. The maximum atomic E-state index is 9.65. The summed E-state index contributed by atoms with van der Waals surface area (Å²) in [6.45, 7) is 4.41. The highest BCUT2D eigenvalue weighted by Crippen LogP contribution is 2.35. The van der Waals surface area contributed by atoms with Crippen molar-refractivity contribution in [1.29, 1.82) is 0 Å². The van der Waals surface area contributed by atoms with Crippen LogP contribution in [0.2, 0.25) is 0 Å². The molecule has 3 heteroatoms. The molecule has 0 bridgehead atoms. The first-order valence-corrected chi connectivity index (χ1v) is 7.22. The molecule has 2 rings (SSSR count). The van der Waals surface area contributed by atoms with Crippen molar-refractivity contribution < 1.29 is 9.84 Å². The fraction of sp³-hybridized carbons (Fsp3) is 1.00. The number of hydrogen-bond donors (Lipinski definition) is 2. The van der Waals surface area contributed by atoms with E-state index in [1.165, 1.54) is 44.9 Å². The Kier molecular flexibility index (Phi) is 4.83. The van der Waals surface area contributed by atoms with Gasteiger partial charge in [0.05, 0.1) is 6.10 Å². The highest BCUT2D eigenvalue weighted by molar-refractivity contribution is 4.87. The lowest BCUT2D eigenvalue weighted by molar-refractivity contribution is 0.0544. The number of ether oxygens (including phenoxy) is 1.